The number of anilines is 3. The number of benzene rings is 3. The monoisotopic (exact) mass is 830 g/mol. The average molecular weight is 831 g/mol. The molecule has 1 saturated carbocycles. The molecule has 5 N–H and O–H groups in total. The van der Waals surface area contributed by atoms with Gasteiger partial charge in [-0.3, -0.25) is 9.78 Å². The van der Waals surface area contributed by atoms with Crippen LogP contribution >= 0.6 is 11.8 Å². The van der Waals surface area contributed by atoms with Gasteiger partial charge in [-0.25, -0.2) is 14.2 Å². The number of fused-ring (bicyclic) bond motifs is 1. The number of amides is 3. The van der Waals surface area contributed by atoms with E-state index in [2.05, 4.69) is 45.2 Å². The first-order valence-electron chi connectivity index (χ1n) is 20.0. The van der Waals surface area contributed by atoms with Crippen molar-refractivity contribution in [1.82, 2.24) is 34.2 Å². The van der Waals surface area contributed by atoms with Crippen molar-refractivity contribution in [3.05, 3.63) is 139 Å². The number of hydrogen-bond donors (Lipinski definition) is 5. The van der Waals surface area contributed by atoms with Crippen LogP contribution < -0.4 is 20.9 Å². The number of nitrogens with one attached hydrogen (secondary N) is 3. The molecule has 1 aliphatic carbocycles. The molecule has 1 aliphatic heterocycles. The summed E-state index contributed by atoms with van der Waals surface area (Å²) in [5, 5.41) is 32.3. The summed E-state index contributed by atoms with van der Waals surface area (Å²) in [5.41, 5.74) is 4.63. The molecule has 2 aliphatic rings. The van der Waals surface area contributed by atoms with E-state index in [1.807, 2.05) is 71.6 Å². The first kappa shape index (κ1) is 40.6. The number of aliphatic hydroxyl groups is 2. The van der Waals surface area contributed by atoms with Crippen LogP contribution in [0.3, 0.4) is 0 Å². The second-order valence-electron chi connectivity index (χ2n) is 15.2. The van der Waals surface area contributed by atoms with E-state index in [4.69, 9.17) is 31.5 Å². The summed E-state index contributed by atoms with van der Waals surface area (Å²) in [7, 11) is 0. The number of hydrogen-bond acceptors (Lipinski definition) is 11. The molecule has 6 atom stereocenters. The number of ether oxygens (including phenoxy) is 1. The Morgan fingerprint density at radius 2 is 1.63 bits per heavy atom. The van der Waals surface area contributed by atoms with Crippen LogP contribution in [-0.2, 0) is 16.1 Å². The maximum absolute atomic E-state index is 13.5. The van der Waals surface area contributed by atoms with Crippen molar-refractivity contribution < 1.29 is 24.5 Å². The summed E-state index contributed by atoms with van der Waals surface area (Å²) < 4.78 is 8.50. The van der Waals surface area contributed by atoms with Crippen LogP contribution in [0.5, 0.6) is 0 Å². The van der Waals surface area contributed by atoms with Gasteiger partial charge in [0.15, 0.2) is 17.0 Å². The highest BCUT2D eigenvalue weighted by Crippen LogP contribution is 2.38. The lowest BCUT2D eigenvalue weighted by molar-refractivity contribution is -0.141. The van der Waals surface area contributed by atoms with Gasteiger partial charge in [0.05, 0.1) is 36.9 Å². The normalized spacial score (nSPS) is 20.6. The predicted octanol–water partition coefficient (Wildman–Crippen LogP) is 5.49. The largest absolute Gasteiger partial charge is 0.388 e. The van der Waals surface area contributed by atoms with Gasteiger partial charge in [-0.05, 0) is 48.6 Å². The fourth-order valence-electron chi connectivity index (χ4n) is 7.95. The zero-order chi connectivity index (χ0) is 41.6. The molecule has 6 aromatic rings. The summed E-state index contributed by atoms with van der Waals surface area (Å²) in [4.78, 5) is 47.2. The van der Waals surface area contributed by atoms with Crippen LogP contribution in [0.4, 0.5) is 22.2 Å². The average Bonchev–Trinajstić information content (AvgIpc) is 4.01. The van der Waals surface area contributed by atoms with Crippen LogP contribution in [0.15, 0.2) is 122 Å². The number of nitrogens with zero attached hydrogens (tertiary/aromatic N) is 7. The van der Waals surface area contributed by atoms with E-state index in [0.717, 1.165) is 21.1 Å². The summed E-state index contributed by atoms with van der Waals surface area (Å²) in [6, 6.07) is 31.2. The molecule has 0 unspecified atom stereocenters. The molecule has 8 rings (SSSR count). The minimum absolute atomic E-state index is 0.0273. The fraction of sp³-hybridized carbons (Fsp3) is 0.318. The second-order valence-corrected chi connectivity index (χ2v) is 15.5. The van der Waals surface area contributed by atoms with E-state index in [1.165, 1.54) is 0 Å². The molecule has 3 aromatic carbocycles. The maximum atomic E-state index is 13.5. The Balaban J connectivity index is 1.06. The standard InChI is InChI=1S/C44H47ClN10O5/c1-28(60-26-29-12-5-2-6-13-29)42(58)55(45)36-22-35(38(56)39(36)57)54-27-48-37-40(47-24-34(30-14-7-3-8-15-30)31-16-9-4-10-17-31)51-43(52-41(37)54)53-21-19-33(25-53)50-44(59)49-32-18-11-20-46-23-32/h2-18,20,23,27-28,33-36,38-39,56-57H,19,21-22,24-26H2,1H3,(H,47,51,52)(H2,49,50,59)/t28-,33-,35-,36+,38+,39-/m1/s1. The minimum Gasteiger partial charge on any atom is -0.388 e. The van der Waals surface area contributed by atoms with Gasteiger partial charge >= 0.3 is 6.03 Å². The third kappa shape index (κ3) is 9.04. The van der Waals surface area contributed by atoms with Crippen molar-refractivity contribution in [3.63, 3.8) is 0 Å². The number of halogens is 1. The number of rotatable bonds is 14. The fourth-order valence-corrected chi connectivity index (χ4v) is 8.28. The van der Waals surface area contributed by atoms with Gasteiger partial charge in [-0.15, -0.1) is 0 Å². The molecule has 310 valence electrons. The first-order chi connectivity index (χ1) is 29.2. The third-order valence-corrected chi connectivity index (χ3v) is 11.6. The van der Waals surface area contributed by atoms with Crippen LogP contribution in [0.25, 0.3) is 11.2 Å². The van der Waals surface area contributed by atoms with Crippen molar-refractivity contribution in [2.24, 2.45) is 0 Å². The van der Waals surface area contributed by atoms with E-state index in [9.17, 15) is 19.8 Å². The van der Waals surface area contributed by atoms with Crippen molar-refractivity contribution in [1.29, 1.82) is 0 Å². The number of imidazole rings is 1. The highest BCUT2D eigenvalue weighted by molar-refractivity contribution is 6.22. The number of aromatic nitrogens is 5. The van der Waals surface area contributed by atoms with Gasteiger partial charge in [0.2, 0.25) is 5.95 Å². The van der Waals surface area contributed by atoms with Crippen molar-refractivity contribution >= 4 is 52.3 Å². The van der Waals surface area contributed by atoms with Gasteiger partial charge < -0.3 is 40.4 Å². The summed E-state index contributed by atoms with van der Waals surface area (Å²) in [6.07, 6.45) is 1.98. The van der Waals surface area contributed by atoms with Crippen molar-refractivity contribution in [2.45, 2.75) is 68.7 Å². The Hall–Kier alpha value is -6.13. The molecule has 1 saturated heterocycles. The van der Waals surface area contributed by atoms with Gasteiger partial charge in [0.25, 0.3) is 5.91 Å². The van der Waals surface area contributed by atoms with Crippen LogP contribution in [0.2, 0.25) is 0 Å². The smallest absolute Gasteiger partial charge is 0.319 e. The van der Waals surface area contributed by atoms with Gasteiger partial charge in [-0.1, -0.05) is 91.0 Å². The lowest BCUT2D eigenvalue weighted by atomic mass is 9.91. The lowest BCUT2D eigenvalue weighted by Gasteiger charge is -2.26. The Bertz CT molecular complexity index is 2320. The van der Waals surface area contributed by atoms with E-state index < -0.39 is 36.3 Å². The van der Waals surface area contributed by atoms with E-state index in [-0.39, 0.29) is 31.0 Å². The van der Waals surface area contributed by atoms with E-state index >= 15 is 0 Å². The quantitative estimate of drug-likeness (QED) is 0.0876. The van der Waals surface area contributed by atoms with E-state index in [0.29, 0.717) is 54.7 Å². The minimum atomic E-state index is -1.37. The molecular weight excluding hydrogens is 784 g/mol. The molecular formula is C44H47ClN10O5. The van der Waals surface area contributed by atoms with Crippen LogP contribution in [0.1, 0.15) is 48.4 Å². The number of aliphatic hydroxyl groups excluding tert-OH is 2. The molecule has 15 nitrogen and oxygen atoms in total. The number of urea groups is 1. The molecule has 4 heterocycles. The number of carbonyl (C=O) groups is 2. The topological polar surface area (TPSA) is 183 Å². The van der Waals surface area contributed by atoms with Gasteiger partial charge in [0, 0.05) is 49.6 Å². The molecule has 3 aromatic heterocycles. The summed E-state index contributed by atoms with van der Waals surface area (Å²) in [6.45, 7) is 3.30. The highest BCUT2D eigenvalue weighted by atomic mass is 35.5. The highest BCUT2D eigenvalue weighted by Gasteiger charge is 2.47. The zero-order valence-corrected chi connectivity index (χ0v) is 33.7. The van der Waals surface area contributed by atoms with E-state index in [1.54, 1.807) is 42.3 Å². The molecule has 0 bridgehead atoms. The summed E-state index contributed by atoms with van der Waals surface area (Å²) >= 11 is 6.65. The molecule has 2 fully saturated rings. The van der Waals surface area contributed by atoms with Crippen molar-refractivity contribution in [3.8, 4) is 0 Å². The SMILES string of the molecule is C[C@@H](OCc1ccccc1)C(=O)N(Cl)[C@H]1C[C@@H](n2cnc3c(NCC(c4ccccc4)c4ccccc4)nc(N4CC[C@@H](NC(=O)Nc5cccnc5)C4)nc32)[C@H](O)[C@@H]1O. The molecule has 0 spiro atoms. The first-order valence-corrected chi connectivity index (χ1v) is 20.4. The van der Waals surface area contributed by atoms with Gasteiger partial charge in [0.1, 0.15) is 18.3 Å². The maximum Gasteiger partial charge on any atom is 0.319 e. The molecule has 0 radical (unpaired) electrons. The molecule has 16 heteroatoms. The Kier molecular flexibility index (Phi) is 12.5. The Labute approximate surface area is 352 Å². The summed E-state index contributed by atoms with van der Waals surface area (Å²) in [5.74, 6) is 0.330. The molecule has 3 amide bonds. The Morgan fingerprint density at radius 3 is 2.32 bits per heavy atom. The lowest BCUT2D eigenvalue weighted by Crippen LogP contribution is -2.45. The predicted molar refractivity (Wildman–Crippen MR) is 228 cm³/mol. The van der Waals surface area contributed by atoms with Crippen molar-refractivity contribution in [2.75, 3.05) is 35.2 Å². The molecule has 60 heavy (non-hydrogen) atoms. The zero-order valence-electron chi connectivity index (χ0n) is 33.0. The number of pyridine rings is 1. The van der Waals surface area contributed by atoms with Crippen LogP contribution in [0, 0.1) is 0 Å². The van der Waals surface area contributed by atoms with Crippen LogP contribution in [-0.4, -0.2) is 101 Å². The Morgan fingerprint density at radius 1 is 0.933 bits per heavy atom. The van der Waals surface area contributed by atoms with Gasteiger partial charge in [-0.2, -0.15) is 9.97 Å². The third-order valence-electron chi connectivity index (χ3n) is 11.2. The number of carbonyl (C=O) groups excluding carboxylic acids is 2. The second kappa shape index (κ2) is 18.4.